The van der Waals surface area contributed by atoms with Crippen LogP contribution in [0.3, 0.4) is 0 Å². The number of benzene rings is 1. The van der Waals surface area contributed by atoms with E-state index in [0.717, 1.165) is 0 Å². The zero-order valence-corrected chi connectivity index (χ0v) is 21.1. The lowest BCUT2D eigenvalue weighted by Crippen LogP contribution is -2.39. The van der Waals surface area contributed by atoms with Crippen LogP contribution in [-0.4, -0.2) is 23.5 Å². The highest BCUT2D eigenvalue weighted by Crippen LogP contribution is 2.39. The van der Waals surface area contributed by atoms with E-state index in [2.05, 4.69) is 10.6 Å². The highest BCUT2D eigenvalue weighted by molar-refractivity contribution is 6.04. The van der Waals surface area contributed by atoms with Crippen molar-refractivity contribution in [2.45, 2.75) is 53.6 Å². The number of amides is 1. The average Bonchev–Trinajstić information content (AvgIpc) is 3.38. The fraction of sp³-hybridized carbons (Fsp3) is 0.385. The van der Waals surface area contributed by atoms with Crippen molar-refractivity contribution in [2.75, 3.05) is 17.2 Å². The van der Waals surface area contributed by atoms with Gasteiger partial charge in [0.1, 0.15) is 34.5 Å². The Hall–Kier alpha value is -4.11. The molecule has 196 valence electrons. The van der Waals surface area contributed by atoms with E-state index in [4.69, 9.17) is 14.0 Å². The van der Waals surface area contributed by atoms with Crippen LogP contribution in [0.15, 0.2) is 32.2 Å². The number of aryl methyl sites for hydroxylation is 1. The van der Waals surface area contributed by atoms with Gasteiger partial charge in [-0.3, -0.25) is 14.4 Å². The topological polar surface area (TPSA) is 126 Å². The smallest absolute Gasteiger partial charge is 0.373 e. The molecule has 3 aromatic rings. The Morgan fingerprint density at radius 2 is 1.68 bits per heavy atom. The molecule has 11 heteroatoms. The number of hydrogen-bond donors (Lipinski definition) is 2. The monoisotopic (exact) mass is 515 g/mol. The van der Waals surface area contributed by atoms with Crippen LogP contribution >= 0.6 is 0 Å². The standard InChI is InChI=1S/C25H27F2N3O4.CO2/c1-6-9-30-11-13-14(26)10-15(27)18(17(13)24(30)33)28-19-20(22(32)21(19)31)29-23(25(3,4)5)16-8-7-12(2)34-16;2-1-3/h7-8,10,23,28-29H,6,9,11H2,1-5H3;/t23-;/m0./s1. The second kappa shape index (κ2) is 10.5. The average molecular weight is 516 g/mol. The molecule has 2 N–H and O–H groups in total. The number of hydrogen-bond acceptors (Lipinski definition) is 8. The summed E-state index contributed by atoms with van der Waals surface area (Å²) in [7, 11) is 0. The summed E-state index contributed by atoms with van der Waals surface area (Å²) >= 11 is 0. The molecule has 0 unspecified atom stereocenters. The molecular formula is C26H27F2N3O6. The normalized spacial score (nSPS) is 13.6. The Morgan fingerprint density at radius 1 is 1.05 bits per heavy atom. The maximum Gasteiger partial charge on any atom is 0.373 e. The number of carbonyl (C=O) groups excluding carboxylic acids is 3. The number of halogens is 2. The molecule has 0 aliphatic carbocycles. The summed E-state index contributed by atoms with van der Waals surface area (Å²) in [5.41, 5.74) is -2.63. The fourth-order valence-electron chi connectivity index (χ4n) is 4.29. The molecule has 37 heavy (non-hydrogen) atoms. The third-order valence-electron chi connectivity index (χ3n) is 6.04. The first-order valence-corrected chi connectivity index (χ1v) is 11.6. The molecule has 1 amide bonds. The van der Waals surface area contributed by atoms with Crippen LogP contribution in [0.25, 0.3) is 0 Å². The minimum atomic E-state index is -1.02. The molecule has 1 aliphatic rings. The lowest BCUT2D eigenvalue weighted by molar-refractivity contribution is -0.191. The van der Waals surface area contributed by atoms with Gasteiger partial charge in [-0.1, -0.05) is 27.7 Å². The van der Waals surface area contributed by atoms with E-state index in [9.17, 15) is 23.2 Å². The molecular weight excluding hydrogens is 488 g/mol. The summed E-state index contributed by atoms with van der Waals surface area (Å²) in [5, 5.41) is 5.71. The summed E-state index contributed by atoms with van der Waals surface area (Å²) in [6.07, 6.45) is 0.902. The molecule has 0 fully saturated rings. The Labute approximate surface area is 211 Å². The van der Waals surface area contributed by atoms with Crippen molar-refractivity contribution in [1.82, 2.24) is 4.90 Å². The summed E-state index contributed by atoms with van der Waals surface area (Å²) in [6.45, 7) is 9.89. The molecule has 4 rings (SSSR count). The van der Waals surface area contributed by atoms with Crippen LogP contribution in [-0.2, 0) is 16.1 Å². The number of rotatable bonds is 7. The van der Waals surface area contributed by atoms with Crippen LogP contribution in [0, 0.1) is 24.0 Å². The summed E-state index contributed by atoms with van der Waals surface area (Å²) < 4.78 is 35.1. The van der Waals surface area contributed by atoms with Crippen molar-refractivity contribution >= 4 is 29.1 Å². The van der Waals surface area contributed by atoms with Crippen LogP contribution in [0.1, 0.15) is 67.6 Å². The summed E-state index contributed by atoms with van der Waals surface area (Å²) in [4.78, 5) is 55.5. The first kappa shape index (κ1) is 27.5. The lowest BCUT2D eigenvalue weighted by atomic mass is 9.85. The van der Waals surface area contributed by atoms with Gasteiger partial charge in [0.25, 0.3) is 16.8 Å². The zero-order chi connectivity index (χ0) is 27.7. The van der Waals surface area contributed by atoms with Crippen LogP contribution in [0.2, 0.25) is 0 Å². The molecule has 2 aromatic carbocycles. The maximum atomic E-state index is 14.9. The molecule has 2 heterocycles. The third kappa shape index (κ3) is 5.22. The first-order chi connectivity index (χ1) is 17.3. The van der Waals surface area contributed by atoms with Gasteiger partial charge < -0.3 is 20.0 Å². The summed E-state index contributed by atoms with van der Waals surface area (Å²) in [5.74, 6) is -1.10. The van der Waals surface area contributed by atoms with Gasteiger partial charge in [0.2, 0.25) is 0 Å². The zero-order valence-electron chi connectivity index (χ0n) is 21.1. The second-order valence-corrected chi connectivity index (χ2v) is 9.80. The van der Waals surface area contributed by atoms with Gasteiger partial charge in [-0.05, 0) is 30.9 Å². The highest BCUT2D eigenvalue weighted by atomic mass is 19.1. The molecule has 0 saturated heterocycles. The van der Waals surface area contributed by atoms with Crippen LogP contribution in [0.4, 0.5) is 25.8 Å². The van der Waals surface area contributed by atoms with Crippen LogP contribution in [0.5, 0.6) is 0 Å². The van der Waals surface area contributed by atoms with Gasteiger partial charge in [0.15, 0.2) is 0 Å². The molecule has 0 bridgehead atoms. The Bertz CT molecular complexity index is 1440. The van der Waals surface area contributed by atoms with Crippen molar-refractivity contribution in [3.63, 3.8) is 0 Å². The molecule has 0 spiro atoms. The highest BCUT2D eigenvalue weighted by Gasteiger charge is 2.37. The predicted molar refractivity (Wildman–Crippen MR) is 130 cm³/mol. The van der Waals surface area contributed by atoms with Gasteiger partial charge >= 0.3 is 6.15 Å². The Balaban J connectivity index is 0.00000121. The van der Waals surface area contributed by atoms with Crippen molar-refractivity contribution in [3.8, 4) is 0 Å². The van der Waals surface area contributed by atoms with Crippen molar-refractivity contribution in [3.05, 3.63) is 72.9 Å². The van der Waals surface area contributed by atoms with Crippen LogP contribution < -0.4 is 21.5 Å². The van der Waals surface area contributed by atoms with Gasteiger partial charge in [0, 0.05) is 24.7 Å². The van der Waals surface area contributed by atoms with E-state index >= 15 is 0 Å². The first-order valence-electron chi connectivity index (χ1n) is 11.6. The number of carbonyl (C=O) groups is 1. The van der Waals surface area contributed by atoms with Crippen molar-refractivity contribution in [1.29, 1.82) is 0 Å². The van der Waals surface area contributed by atoms with E-state index in [1.165, 1.54) is 4.90 Å². The van der Waals surface area contributed by atoms with Crippen molar-refractivity contribution in [2.24, 2.45) is 5.41 Å². The molecule has 0 radical (unpaired) electrons. The number of nitrogens with zero attached hydrogens (tertiary/aromatic N) is 1. The van der Waals surface area contributed by atoms with Crippen molar-refractivity contribution < 1.29 is 27.6 Å². The number of fused-ring (bicyclic) bond motifs is 1. The maximum absolute atomic E-state index is 14.9. The SMILES string of the molecule is CCCN1Cc2c(F)cc(F)c(Nc3c(N[C@@H](c4ccc(C)o4)C(C)(C)C)c(=O)c3=O)c2C1=O.O=C=O. The van der Waals surface area contributed by atoms with E-state index in [1.54, 1.807) is 19.1 Å². The van der Waals surface area contributed by atoms with Gasteiger partial charge in [0.05, 0.1) is 17.3 Å². The molecule has 1 atom stereocenters. The minimum Gasteiger partial charge on any atom is -0.464 e. The van der Waals surface area contributed by atoms with E-state index < -0.39 is 39.9 Å². The molecule has 9 nitrogen and oxygen atoms in total. The van der Waals surface area contributed by atoms with E-state index in [0.29, 0.717) is 30.6 Å². The van der Waals surface area contributed by atoms with Gasteiger partial charge in [-0.2, -0.15) is 9.59 Å². The van der Waals surface area contributed by atoms with Gasteiger partial charge in [-0.15, -0.1) is 0 Å². The Morgan fingerprint density at radius 3 is 2.22 bits per heavy atom. The summed E-state index contributed by atoms with van der Waals surface area (Å²) in [6, 6.07) is 3.79. The molecule has 1 aromatic heterocycles. The van der Waals surface area contributed by atoms with Gasteiger partial charge in [-0.25, -0.2) is 8.78 Å². The third-order valence-corrected chi connectivity index (χ3v) is 6.04. The molecule has 0 saturated carbocycles. The quantitative estimate of drug-likeness (QED) is 0.449. The number of furan rings is 1. The molecule has 1 aliphatic heterocycles. The van der Waals surface area contributed by atoms with E-state index in [1.807, 2.05) is 27.7 Å². The number of nitrogens with one attached hydrogen (secondary N) is 2. The Kier molecular flexibility index (Phi) is 7.78. The second-order valence-electron chi connectivity index (χ2n) is 9.80. The minimum absolute atomic E-state index is 0.0176. The largest absolute Gasteiger partial charge is 0.464 e. The lowest BCUT2D eigenvalue weighted by Gasteiger charge is -2.31. The number of anilines is 3. The fourth-order valence-corrected chi connectivity index (χ4v) is 4.29. The predicted octanol–water partition coefficient (Wildman–Crippen LogP) is 4.19. The van der Waals surface area contributed by atoms with E-state index in [-0.39, 0.29) is 40.9 Å².